The van der Waals surface area contributed by atoms with Crippen molar-refractivity contribution < 1.29 is 4.74 Å². The Morgan fingerprint density at radius 2 is 2.20 bits per heavy atom. The number of anilines is 2. The highest BCUT2D eigenvalue weighted by Crippen LogP contribution is 2.32. The number of piperidine rings is 1. The third-order valence-electron chi connectivity index (χ3n) is 4.31. The summed E-state index contributed by atoms with van der Waals surface area (Å²) in [6.07, 6.45) is 3.22. The number of rotatable bonds is 2. The van der Waals surface area contributed by atoms with E-state index >= 15 is 0 Å². The first-order valence-electron chi connectivity index (χ1n) is 7.11. The van der Waals surface area contributed by atoms with E-state index < -0.39 is 0 Å². The number of hydrogen-bond acceptors (Lipinski definition) is 4. The maximum Gasteiger partial charge on any atom is 0.0951 e. The van der Waals surface area contributed by atoms with Crippen LogP contribution in [0.4, 0.5) is 11.4 Å². The summed E-state index contributed by atoms with van der Waals surface area (Å²) in [5.74, 6) is 0.606. The molecule has 2 atom stereocenters. The van der Waals surface area contributed by atoms with E-state index in [0.29, 0.717) is 5.92 Å². The smallest absolute Gasteiger partial charge is 0.0951 e. The quantitative estimate of drug-likeness (QED) is 0.853. The van der Waals surface area contributed by atoms with Gasteiger partial charge in [0.1, 0.15) is 0 Å². The minimum atomic E-state index is 0.285. The summed E-state index contributed by atoms with van der Waals surface area (Å²) in [4.78, 5) is 6.79. The molecular weight excluding hydrogens is 250 g/mol. The molecule has 1 aliphatic heterocycles. The Kier molecular flexibility index (Phi) is 3.49. The third-order valence-corrected chi connectivity index (χ3v) is 4.31. The Labute approximate surface area is 119 Å². The number of hydrogen-bond donors (Lipinski definition) is 1. The predicted octanol–water partition coefficient (Wildman–Crippen LogP) is 2.68. The molecule has 0 amide bonds. The van der Waals surface area contributed by atoms with Gasteiger partial charge in [-0.15, -0.1) is 0 Å². The van der Waals surface area contributed by atoms with Crippen LogP contribution in [0.1, 0.15) is 13.3 Å². The summed E-state index contributed by atoms with van der Waals surface area (Å²) in [6, 6.07) is 8.10. The first-order valence-corrected chi connectivity index (χ1v) is 7.11. The van der Waals surface area contributed by atoms with E-state index in [1.807, 2.05) is 12.1 Å². The molecule has 20 heavy (non-hydrogen) atoms. The van der Waals surface area contributed by atoms with Crippen molar-refractivity contribution in [2.45, 2.75) is 19.4 Å². The average molecular weight is 271 g/mol. The maximum absolute atomic E-state index is 6.02. The van der Waals surface area contributed by atoms with Gasteiger partial charge in [0, 0.05) is 37.5 Å². The summed E-state index contributed by atoms with van der Waals surface area (Å²) < 4.78 is 5.61. The molecule has 4 heteroatoms. The predicted molar refractivity (Wildman–Crippen MR) is 82.9 cm³/mol. The van der Waals surface area contributed by atoms with Gasteiger partial charge in [-0.05, 0) is 36.6 Å². The molecule has 1 aromatic heterocycles. The number of fused-ring (bicyclic) bond motifs is 1. The molecule has 2 unspecified atom stereocenters. The number of ether oxygens (including phenoxy) is 1. The van der Waals surface area contributed by atoms with Crippen LogP contribution in [-0.4, -0.2) is 31.3 Å². The van der Waals surface area contributed by atoms with Gasteiger partial charge in [0.25, 0.3) is 0 Å². The Bertz CT molecular complexity index is 614. The normalized spacial score (nSPS) is 23.2. The molecule has 0 spiro atoms. The largest absolute Gasteiger partial charge is 0.397 e. The maximum atomic E-state index is 6.02. The molecule has 1 saturated heterocycles. The van der Waals surface area contributed by atoms with E-state index in [-0.39, 0.29) is 6.10 Å². The van der Waals surface area contributed by atoms with Gasteiger partial charge >= 0.3 is 0 Å². The zero-order valence-electron chi connectivity index (χ0n) is 12.0. The zero-order valence-corrected chi connectivity index (χ0v) is 12.0. The van der Waals surface area contributed by atoms with Gasteiger partial charge in [-0.25, -0.2) is 0 Å². The lowest BCUT2D eigenvalue weighted by Gasteiger charge is -2.38. The molecule has 0 radical (unpaired) electrons. The van der Waals surface area contributed by atoms with E-state index in [9.17, 15) is 0 Å². The fourth-order valence-corrected chi connectivity index (χ4v) is 3.01. The first-order chi connectivity index (χ1) is 9.70. The number of nitrogen functional groups attached to an aromatic ring is 1. The Hall–Kier alpha value is -1.81. The van der Waals surface area contributed by atoms with Crippen molar-refractivity contribution in [3.05, 3.63) is 30.5 Å². The molecule has 2 aromatic rings. The number of nitrogens with zero attached hydrogens (tertiary/aromatic N) is 2. The van der Waals surface area contributed by atoms with Gasteiger partial charge < -0.3 is 15.4 Å². The summed E-state index contributed by atoms with van der Waals surface area (Å²) in [7, 11) is 1.80. The Balaban J connectivity index is 2.00. The summed E-state index contributed by atoms with van der Waals surface area (Å²) in [5.41, 5.74) is 8.85. The van der Waals surface area contributed by atoms with Gasteiger partial charge in [0.2, 0.25) is 0 Å². The van der Waals surface area contributed by atoms with Crippen LogP contribution in [0.25, 0.3) is 10.9 Å². The molecule has 0 aliphatic carbocycles. The van der Waals surface area contributed by atoms with E-state index in [1.165, 1.54) is 5.69 Å². The summed E-state index contributed by atoms with van der Waals surface area (Å²) in [5, 5.41) is 1.12. The highest BCUT2D eigenvalue weighted by atomic mass is 16.5. The van der Waals surface area contributed by atoms with Crippen molar-refractivity contribution in [1.29, 1.82) is 0 Å². The highest BCUT2D eigenvalue weighted by molar-refractivity contribution is 5.98. The third kappa shape index (κ3) is 2.20. The molecule has 1 fully saturated rings. The minimum Gasteiger partial charge on any atom is -0.397 e. The van der Waals surface area contributed by atoms with Crippen molar-refractivity contribution in [1.82, 2.24) is 4.98 Å². The van der Waals surface area contributed by atoms with E-state index in [1.54, 1.807) is 13.3 Å². The van der Waals surface area contributed by atoms with Crippen LogP contribution in [0.2, 0.25) is 0 Å². The molecule has 106 valence electrons. The second kappa shape index (κ2) is 5.29. The monoisotopic (exact) mass is 271 g/mol. The fourth-order valence-electron chi connectivity index (χ4n) is 3.01. The lowest BCUT2D eigenvalue weighted by molar-refractivity contribution is 0.0499. The Morgan fingerprint density at radius 1 is 1.35 bits per heavy atom. The fraction of sp³-hybridized carbons (Fsp3) is 0.438. The topological polar surface area (TPSA) is 51.4 Å². The zero-order chi connectivity index (χ0) is 14.1. The molecule has 4 nitrogen and oxygen atoms in total. The average Bonchev–Trinajstić information content (AvgIpc) is 2.49. The molecule has 0 saturated carbocycles. The molecule has 3 rings (SSSR count). The molecule has 1 aromatic carbocycles. The number of aromatic nitrogens is 1. The van der Waals surface area contributed by atoms with Crippen LogP contribution < -0.4 is 10.6 Å². The SMILES string of the molecule is COC1CN(c2ccc(N)c3ncccc23)CCC1C. The van der Waals surface area contributed by atoms with Gasteiger partial charge in [-0.3, -0.25) is 4.98 Å². The highest BCUT2D eigenvalue weighted by Gasteiger charge is 2.27. The van der Waals surface area contributed by atoms with E-state index in [0.717, 1.165) is 36.1 Å². The summed E-state index contributed by atoms with van der Waals surface area (Å²) >= 11 is 0. The van der Waals surface area contributed by atoms with Crippen LogP contribution in [-0.2, 0) is 4.74 Å². The van der Waals surface area contributed by atoms with Crippen LogP contribution in [0.15, 0.2) is 30.5 Å². The van der Waals surface area contributed by atoms with Crippen LogP contribution in [0.3, 0.4) is 0 Å². The first kappa shape index (κ1) is 13.2. The van der Waals surface area contributed by atoms with Crippen molar-refractivity contribution in [3.63, 3.8) is 0 Å². The van der Waals surface area contributed by atoms with Crippen LogP contribution in [0, 0.1) is 5.92 Å². The lowest BCUT2D eigenvalue weighted by Crippen LogP contribution is -2.44. The van der Waals surface area contributed by atoms with Gasteiger partial charge in [-0.2, -0.15) is 0 Å². The molecule has 0 bridgehead atoms. The van der Waals surface area contributed by atoms with Crippen molar-refractivity contribution in [2.75, 3.05) is 30.8 Å². The number of benzene rings is 1. The van der Waals surface area contributed by atoms with E-state index in [2.05, 4.69) is 28.9 Å². The van der Waals surface area contributed by atoms with Crippen LogP contribution >= 0.6 is 0 Å². The number of nitrogens with two attached hydrogens (primary N) is 1. The number of methoxy groups -OCH3 is 1. The van der Waals surface area contributed by atoms with Crippen molar-refractivity contribution >= 4 is 22.3 Å². The minimum absolute atomic E-state index is 0.285. The number of pyridine rings is 1. The Morgan fingerprint density at radius 3 is 3.00 bits per heavy atom. The molecule has 1 aliphatic rings. The van der Waals surface area contributed by atoms with E-state index in [4.69, 9.17) is 10.5 Å². The molecule has 2 N–H and O–H groups in total. The van der Waals surface area contributed by atoms with Gasteiger partial charge in [0.05, 0.1) is 17.3 Å². The van der Waals surface area contributed by atoms with Crippen molar-refractivity contribution in [2.24, 2.45) is 5.92 Å². The lowest BCUT2D eigenvalue weighted by atomic mass is 9.95. The standard InChI is InChI=1S/C16H21N3O/c1-11-7-9-19(10-15(11)20-2)14-6-5-13(17)16-12(14)4-3-8-18-16/h3-6,8,11,15H,7,9-10,17H2,1-2H3. The van der Waals surface area contributed by atoms with Crippen molar-refractivity contribution in [3.8, 4) is 0 Å². The van der Waals surface area contributed by atoms with Gasteiger partial charge in [-0.1, -0.05) is 6.92 Å². The second-order valence-corrected chi connectivity index (χ2v) is 5.56. The van der Waals surface area contributed by atoms with Gasteiger partial charge in [0.15, 0.2) is 0 Å². The summed E-state index contributed by atoms with van der Waals surface area (Å²) in [6.45, 7) is 4.23. The second-order valence-electron chi connectivity index (χ2n) is 5.56. The molecular formula is C16H21N3O. The molecule has 2 heterocycles. The van der Waals surface area contributed by atoms with Crippen LogP contribution in [0.5, 0.6) is 0 Å².